The highest BCUT2D eigenvalue weighted by atomic mass is 16.5. The van der Waals surface area contributed by atoms with Crippen molar-refractivity contribution in [2.24, 2.45) is 0 Å². The SMILES string of the molecule is CCCC(C)NC(=O)COc1ccccc1C. The number of benzene rings is 1. The van der Waals surface area contributed by atoms with Crippen LogP contribution in [0.1, 0.15) is 32.3 Å². The molecule has 0 aliphatic rings. The summed E-state index contributed by atoms with van der Waals surface area (Å²) in [6, 6.07) is 7.91. The molecule has 1 N–H and O–H groups in total. The molecule has 0 saturated carbocycles. The topological polar surface area (TPSA) is 38.3 Å². The molecule has 0 saturated heterocycles. The van der Waals surface area contributed by atoms with Crippen LogP contribution in [0, 0.1) is 6.92 Å². The summed E-state index contributed by atoms with van der Waals surface area (Å²) in [4.78, 5) is 11.6. The maximum atomic E-state index is 11.6. The molecule has 0 heterocycles. The molecule has 94 valence electrons. The maximum absolute atomic E-state index is 11.6. The Morgan fingerprint density at radius 2 is 2.12 bits per heavy atom. The molecule has 1 aromatic rings. The first-order chi connectivity index (χ1) is 8.13. The first-order valence-electron chi connectivity index (χ1n) is 6.11. The van der Waals surface area contributed by atoms with Gasteiger partial charge in [-0.15, -0.1) is 0 Å². The van der Waals surface area contributed by atoms with Crippen LogP contribution in [0.3, 0.4) is 0 Å². The van der Waals surface area contributed by atoms with Crippen LogP contribution in [0.25, 0.3) is 0 Å². The molecule has 0 aromatic heterocycles. The molecule has 1 aromatic carbocycles. The Kier molecular flexibility index (Phi) is 5.53. The lowest BCUT2D eigenvalue weighted by Crippen LogP contribution is -2.36. The summed E-state index contributed by atoms with van der Waals surface area (Å²) in [6.07, 6.45) is 2.07. The molecule has 0 aliphatic heterocycles. The van der Waals surface area contributed by atoms with Gasteiger partial charge in [-0.1, -0.05) is 31.5 Å². The molecule has 3 nitrogen and oxygen atoms in total. The van der Waals surface area contributed by atoms with Crippen LogP contribution in [0.5, 0.6) is 5.75 Å². The minimum atomic E-state index is -0.0609. The third-order valence-corrected chi connectivity index (χ3v) is 2.58. The van der Waals surface area contributed by atoms with E-state index in [1.165, 1.54) is 0 Å². The van der Waals surface area contributed by atoms with E-state index in [4.69, 9.17) is 4.74 Å². The first-order valence-corrected chi connectivity index (χ1v) is 6.11. The number of amides is 1. The van der Waals surface area contributed by atoms with Gasteiger partial charge in [0.2, 0.25) is 0 Å². The zero-order valence-corrected chi connectivity index (χ0v) is 10.8. The predicted octanol–water partition coefficient (Wildman–Crippen LogP) is 2.68. The van der Waals surface area contributed by atoms with Crippen molar-refractivity contribution in [3.05, 3.63) is 29.8 Å². The predicted molar refractivity (Wildman–Crippen MR) is 69.2 cm³/mol. The van der Waals surface area contributed by atoms with Gasteiger partial charge >= 0.3 is 0 Å². The molecular formula is C14H21NO2. The molecule has 0 spiro atoms. The number of para-hydroxylation sites is 1. The van der Waals surface area contributed by atoms with E-state index in [1.807, 2.05) is 38.1 Å². The van der Waals surface area contributed by atoms with E-state index in [-0.39, 0.29) is 18.6 Å². The first kappa shape index (κ1) is 13.6. The summed E-state index contributed by atoms with van der Waals surface area (Å²) in [5.74, 6) is 0.708. The smallest absolute Gasteiger partial charge is 0.258 e. The van der Waals surface area contributed by atoms with Crippen LogP contribution in [0.2, 0.25) is 0 Å². The Morgan fingerprint density at radius 3 is 2.76 bits per heavy atom. The molecule has 3 heteroatoms. The molecule has 0 radical (unpaired) electrons. The highest BCUT2D eigenvalue weighted by molar-refractivity contribution is 5.77. The van der Waals surface area contributed by atoms with Gasteiger partial charge in [-0.3, -0.25) is 4.79 Å². The van der Waals surface area contributed by atoms with Crippen LogP contribution in [0.15, 0.2) is 24.3 Å². The van der Waals surface area contributed by atoms with Crippen molar-refractivity contribution in [2.75, 3.05) is 6.61 Å². The Balaban J connectivity index is 2.36. The molecule has 1 rings (SSSR count). The third-order valence-electron chi connectivity index (χ3n) is 2.58. The van der Waals surface area contributed by atoms with Crippen LogP contribution >= 0.6 is 0 Å². The molecule has 1 unspecified atom stereocenters. The maximum Gasteiger partial charge on any atom is 0.258 e. The second kappa shape index (κ2) is 6.94. The van der Waals surface area contributed by atoms with Crippen molar-refractivity contribution in [3.63, 3.8) is 0 Å². The number of ether oxygens (including phenoxy) is 1. The minimum Gasteiger partial charge on any atom is -0.484 e. The van der Waals surface area contributed by atoms with Crippen molar-refractivity contribution >= 4 is 5.91 Å². The van der Waals surface area contributed by atoms with E-state index < -0.39 is 0 Å². The molecule has 0 fully saturated rings. The van der Waals surface area contributed by atoms with E-state index in [0.717, 1.165) is 24.2 Å². The quantitative estimate of drug-likeness (QED) is 0.823. The van der Waals surface area contributed by atoms with Crippen molar-refractivity contribution < 1.29 is 9.53 Å². The molecule has 17 heavy (non-hydrogen) atoms. The third kappa shape index (κ3) is 4.89. The number of hydrogen-bond donors (Lipinski definition) is 1. The van der Waals surface area contributed by atoms with E-state index in [2.05, 4.69) is 12.2 Å². The Labute approximate surface area is 103 Å². The van der Waals surface area contributed by atoms with Crippen LogP contribution in [-0.4, -0.2) is 18.6 Å². The zero-order valence-electron chi connectivity index (χ0n) is 10.8. The van der Waals surface area contributed by atoms with Gasteiger partial charge in [0.1, 0.15) is 5.75 Å². The van der Waals surface area contributed by atoms with Gasteiger partial charge in [-0.25, -0.2) is 0 Å². The summed E-state index contributed by atoms with van der Waals surface area (Å²) in [5, 5.41) is 2.91. The van der Waals surface area contributed by atoms with E-state index in [9.17, 15) is 4.79 Å². The van der Waals surface area contributed by atoms with Crippen LogP contribution < -0.4 is 10.1 Å². The van der Waals surface area contributed by atoms with Crippen molar-refractivity contribution in [1.29, 1.82) is 0 Å². The second-order valence-electron chi connectivity index (χ2n) is 4.31. The highest BCUT2D eigenvalue weighted by Crippen LogP contribution is 2.15. The number of nitrogens with one attached hydrogen (secondary N) is 1. The van der Waals surface area contributed by atoms with Gasteiger partial charge in [0.25, 0.3) is 5.91 Å². The van der Waals surface area contributed by atoms with Gasteiger partial charge < -0.3 is 10.1 Å². The van der Waals surface area contributed by atoms with E-state index >= 15 is 0 Å². The number of aryl methyl sites for hydroxylation is 1. The van der Waals surface area contributed by atoms with Crippen molar-refractivity contribution in [1.82, 2.24) is 5.32 Å². The summed E-state index contributed by atoms with van der Waals surface area (Å²) < 4.78 is 5.47. The highest BCUT2D eigenvalue weighted by Gasteiger charge is 2.07. The van der Waals surface area contributed by atoms with Gasteiger partial charge in [0.15, 0.2) is 6.61 Å². The second-order valence-corrected chi connectivity index (χ2v) is 4.31. The number of rotatable bonds is 6. The average molecular weight is 235 g/mol. The fourth-order valence-corrected chi connectivity index (χ4v) is 1.68. The normalized spacial score (nSPS) is 11.9. The standard InChI is InChI=1S/C14H21NO2/c1-4-7-12(3)15-14(16)10-17-13-9-6-5-8-11(13)2/h5-6,8-9,12H,4,7,10H2,1-3H3,(H,15,16). The minimum absolute atomic E-state index is 0.0609. The summed E-state index contributed by atoms with van der Waals surface area (Å²) in [5.41, 5.74) is 1.04. The van der Waals surface area contributed by atoms with E-state index in [1.54, 1.807) is 0 Å². The van der Waals surface area contributed by atoms with Gasteiger partial charge in [-0.05, 0) is 31.9 Å². The van der Waals surface area contributed by atoms with Crippen LogP contribution in [0.4, 0.5) is 0 Å². The number of carbonyl (C=O) groups excluding carboxylic acids is 1. The number of hydrogen-bond acceptors (Lipinski definition) is 2. The van der Waals surface area contributed by atoms with Gasteiger partial charge in [-0.2, -0.15) is 0 Å². The van der Waals surface area contributed by atoms with Crippen LogP contribution in [-0.2, 0) is 4.79 Å². The monoisotopic (exact) mass is 235 g/mol. The fraction of sp³-hybridized carbons (Fsp3) is 0.500. The Hall–Kier alpha value is -1.51. The van der Waals surface area contributed by atoms with Crippen molar-refractivity contribution in [2.45, 2.75) is 39.7 Å². The Bertz CT molecular complexity index is 363. The Morgan fingerprint density at radius 1 is 1.41 bits per heavy atom. The summed E-state index contributed by atoms with van der Waals surface area (Å²) in [7, 11) is 0. The molecular weight excluding hydrogens is 214 g/mol. The largest absolute Gasteiger partial charge is 0.484 e. The average Bonchev–Trinajstić information content (AvgIpc) is 2.28. The summed E-state index contributed by atoms with van der Waals surface area (Å²) in [6.45, 7) is 6.16. The zero-order chi connectivity index (χ0) is 12.7. The number of carbonyl (C=O) groups is 1. The lowest BCUT2D eigenvalue weighted by molar-refractivity contribution is -0.123. The lowest BCUT2D eigenvalue weighted by atomic mass is 10.2. The molecule has 1 atom stereocenters. The molecule has 1 amide bonds. The van der Waals surface area contributed by atoms with E-state index in [0.29, 0.717) is 0 Å². The molecule has 0 bridgehead atoms. The van der Waals surface area contributed by atoms with Gasteiger partial charge in [0.05, 0.1) is 0 Å². The molecule has 0 aliphatic carbocycles. The fourth-order valence-electron chi connectivity index (χ4n) is 1.68. The van der Waals surface area contributed by atoms with Gasteiger partial charge in [0, 0.05) is 6.04 Å². The summed E-state index contributed by atoms with van der Waals surface area (Å²) >= 11 is 0. The lowest BCUT2D eigenvalue weighted by Gasteiger charge is -2.13. The van der Waals surface area contributed by atoms with Crippen molar-refractivity contribution in [3.8, 4) is 5.75 Å².